The maximum absolute atomic E-state index is 11.8. The van der Waals surface area contributed by atoms with Gasteiger partial charge < -0.3 is 19.1 Å². The van der Waals surface area contributed by atoms with Crippen LogP contribution in [0.1, 0.15) is 61.3 Å². The van der Waals surface area contributed by atoms with Crippen LogP contribution in [0.5, 0.6) is 0 Å². The first kappa shape index (κ1) is 22.0. The van der Waals surface area contributed by atoms with Gasteiger partial charge in [0.05, 0.1) is 11.2 Å². The van der Waals surface area contributed by atoms with Crippen LogP contribution in [-0.4, -0.2) is 64.8 Å². The molecular formula is C21H35BN4O3. The standard InChI is InChI=1S/C21H35BN4O3/c1-15(2)26(14-17-9-8-10-25(13-17)16(3)27)19-23-11-18(12-24-19)22-28-20(4,5)21(6,7)29-22/h11-12,15,17H,8-10,13-14H2,1-7H3/t17-/m1/s1. The number of piperidine rings is 1. The number of carbonyl (C=O) groups excluding carboxylic acids is 1. The van der Waals surface area contributed by atoms with Crippen molar-refractivity contribution in [2.45, 2.75) is 78.6 Å². The first-order valence-electron chi connectivity index (χ1n) is 10.7. The van der Waals surface area contributed by atoms with Gasteiger partial charge in [0.25, 0.3) is 0 Å². The van der Waals surface area contributed by atoms with Crippen molar-refractivity contribution < 1.29 is 14.1 Å². The molecular weight excluding hydrogens is 367 g/mol. The Balaban J connectivity index is 1.70. The molecule has 1 amide bonds. The number of likely N-dealkylation sites (tertiary alicyclic amines) is 1. The van der Waals surface area contributed by atoms with E-state index in [1.165, 1.54) is 0 Å². The topological polar surface area (TPSA) is 67.8 Å². The minimum atomic E-state index is -0.455. The molecule has 0 aromatic carbocycles. The summed E-state index contributed by atoms with van der Waals surface area (Å²) >= 11 is 0. The van der Waals surface area contributed by atoms with Crippen molar-refractivity contribution in [1.82, 2.24) is 14.9 Å². The smallest absolute Gasteiger partial charge is 0.399 e. The fourth-order valence-electron chi connectivity index (χ4n) is 3.88. The van der Waals surface area contributed by atoms with Gasteiger partial charge in [-0.05, 0) is 60.3 Å². The second kappa shape index (κ2) is 8.22. The predicted molar refractivity (Wildman–Crippen MR) is 115 cm³/mol. The van der Waals surface area contributed by atoms with Crippen LogP contribution in [0.3, 0.4) is 0 Å². The van der Waals surface area contributed by atoms with Gasteiger partial charge in [-0.2, -0.15) is 0 Å². The number of hydrogen-bond donors (Lipinski definition) is 0. The van der Waals surface area contributed by atoms with Crippen molar-refractivity contribution in [2.24, 2.45) is 5.92 Å². The fourth-order valence-corrected chi connectivity index (χ4v) is 3.88. The summed E-state index contributed by atoms with van der Waals surface area (Å²) in [5.74, 6) is 1.30. The number of hydrogen-bond acceptors (Lipinski definition) is 6. The molecule has 160 valence electrons. The van der Waals surface area contributed by atoms with Crippen LogP contribution in [-0.2, 0) is 14.1 Å². The van der Waals surface area contributed by atoms with Gasteiger partial charge in [-0.3, -0.25) is 4.79 Å². The van der Waals surface area contributed by atoms with Crippen molar-refractivity contribution in [3.8, 4) is 0 Å². The summed E-state index contributed by atoms with van der Waals surface area (Å²) in [6, 6.07) is 0.269. The van der Waals surface area contributed by atoms with E-state index in [1.54, 1.807) is 6.92 Å². The molecule has 0 aliphatic carbocycles. The molecule has 0 radical (unpaired) electrons. The Morgan fingerprint density at radius 3 is 2.34 bits per heavy atom. The number of aromatic nitrogens is 2. The Morgan fingerprint density at radius 2 is 1.83 bits per heavy atom. The largest absolute Gasteiger partial charge is 0.498 e. The van der Waals surface area contributed by atoms with Gasteiger partial charge in [-0.1, -0.05) is 0 Å². The summed E-state index contributed by atoms with van der Waals surface area (Å²) in [4.78, 5) is 25.2. The highest BCUT2D eigenvalue weighted by atomic mass is 16.7. The molecule has 3 rings (SSSR count). The number of anilines is 1. The van der Waals surface area contributed by atoms with Crippen molar-refractivity contribution >= 4 is 24.4 Å². The van der Waals surface area contributed by atoms with Crippen LogP contribution in [0.15, 0.2) is 12.4 Å². The summed E-state index contributed by atoms with van der Waals surface area (Å²) in [6.45, 7) is 16.6. The molecule has 0 unspecified atom stereocenters. The molecule has 7 nitrogen and oxygen atoms in total. The normalized spacial score (nSPS) is 23.5. The second-order valence-corrected chi connectivity index (χ2v) is 9.62. The summed E-state index contributed by atoms with van der Waals surface area (Å²) in [6.07, 6.45) is 5.79. The maximum Gasteiger partial charge on any atom is 0.498 e. The zero-order valence-corrected chi connectivity index (χ0v) is 18.9. The second-order valence-electron chi connectivity index (χ2n) is 9.62. The Hall–Kier alpha value is -1.67. The van der Waals surface area contributed by atoms with Gasteiger partial charge in [0.1, 0.15) is 0 Å². The lowest BCUT2D eigenvalue weighted by atomic mass is 9.81. The van der Waals surface area contributed by atoms with E-state index in [0.29, 0.717) is 11.9 Å². The van der Waals surface area contributed by atoms with Crippen LogP contribution in [0.4, 0.5) is 5.95 Å². The molecule has 29 heavy (non-hydrogen) atoms. The van der Waals surface area contributed by atoms with Gasteiger partial charge in [-0.15, -0.1) is 0 Å². The number of rotatable bonds is 5. The Morgan fingerprint density at radius 1 is 1.24 bits per heavy atom. The summed E-state index contributed by atoms with van der Waals surface area (Å²) < 4.78 is 12.2. The molecule has 1 aromatic rings. The molecule has 2 saturated heterocycles. The molecule has 8 heteroatoms. The van der Waals surface area contributed by atoms with Gasteiger partial charge in [-0.25, -0.2) is 9.97 Å². The van der Waals surface area contributed by atoms with E-state index in [-0.39, 0.29) is 23.2 Å². The molecule has 0 N–H and O–H groups in total. The molecule has 2 aliphatic heterocycles. The predicted octanol–water partition coefficient (Wildman–Crippen LogP) is 2.25. The lowest BCUT2D eigenvalue weighted by Crippen LogP contribution is -2.45. The highest BCUT2D eigenvalue weighted by Gasteiger charge is 2.52. The third-order valence-electron chi connectivity index (χ3n) is 6.48. The fraction of sp³-hybridized carbons (Fsp3) is 0.762. The molecule has 0 spiro atoms. The van der Waals surface area contributed by atoms with Crippen LogP contribution >= 0.6 is 0 Å². The summed E-state index contributed by atoms with van der Waals surface area (Å²) in [5, 5.41) is 0. The van der Waals surface area contributed by atoms with E-state index in [0.717, 1.165) is 37.9 Å². The van der Waals surface area contributed by atoms with E-state index < -0.39 is 7.12 Å². The van der Waals surface area contributed by atoms with E-state index >= 15 is 0 Å². The summed E-state index contributed by atoms with van der Waals surface area (Å²) in [7, 11) is -0.455. The Kier molecular flexibility index (Phi) is 6.25. The average Bonchev–Trinajstić information content (AvgIpc) is 2.87. The zero-order valence-electron chi connectivity index (χ0n) is 18.9. The molecule has 0 bridgehead atoms. The Labute approximate surface area is 175 Å². The molecule has 0 saturated carbocycles. The minimum Gasteiger partial charge on any atom is -0.399 e. The zero-order chi connectivity index (χ0) is 21.4. The van der Waals surface area contributed by atoms with Crippen LogP contribution < -0.4 is 10.4 Å². The van der Waals surface area contributed by atoms with Crippen LogP contribution in [0.2, 0.25) is 0 Å². The van der Waals surface area contributed by atoms with Gasteiger partial charge in [0.2, 0.25) is 11.9 Å². The lowest BCUT2D eigenvalue weighted by Gasteiger charge is -2.36. The number of nitrogens with zero attached hydrogens (tertiary/aromatic N) is 4. The van der Waals surface area contributed by atoms with Crippen LogP contribution in [0, 0.1) is 5.92 Å². The first-order chi connectivity index (χ1) is 13.5. The number of amides is 1. The molecule has 3 heterocycles. The maximum atomic E-state index is 11.8. The quantitative estimate of drug-likeness (QED) is 0.704. The van der Waals surface area contributed by atoms with E-state index in [1.807, 2.05) is 45.0 Å². The highest BCUT2D eigenvalue weighted by Crippen LogP contribution is 2.36. The van der Waals surface area contributed by atoms with Crippen LogP contribution in [0.25, 0.3) is 0 Å². The molecule has 2 aliphatic rings. The monoisotopic (exact) mass is 402 g/mol. The molecule has 1 atom stereocenters. The van der Waals surface area contributed by atoms with E-state index in [4.69, 9.17) is 9.31 Å². The summed E-state index contributed by atoms with van der Waals surface area (Å²) in [5.41, 5.74) is 0.0600. The van der Waals surface area contributed by atoms with Crippen molar-refractivity contribution in [3.63, 3.8) is 0 Å². The third-order valence-corrected chi connectivity index (χ3v) is 6.48. The van der Waals surface area contributed by atoms with Crippen molar-refractivity contribution in [2.75, 3.05) is 24.5 Å². The molecule has 1 aromatic heterocycles. The number of carbonyl (C=O) groups is 1. The van der Waals surface area contributed by atoms with Crippen molar-refractivity contribution in [3.05, 3.63) is 12.4 Å². The first-order valence-corrected chi connectivity index (χ1v) is 10.7. The lowest BCUT2D eigenvalue weighted by molar-refractivity contribution is -0.130. The van der Waals surface area contributed by atoms with Gasteiger partial charge >= 0.3 is 7.12 Å². The molecule has 2 fully saturated rings. The van der Waals surface area contributed by atoms with Gasteiger partial charge in [0.15, 0.2) is 0 Å². The third kappa shape index (κ3) is 4.74. The minimum absolute atomic E-state index is 0.161. The van der Waals surface area contributed by atoms with Gasteiger partial charge in [0, 0.05) is 50.5 Å². The Bertz CT molecular complexity index is 707. The average molecular weight is 402 g/mol. The SMILES string of the molecule is CC(=O)N1CCC[C@@H](CN(c2ncc(B3OC(C)(C)C(C)(C)O3)cn2)C(C)C)C1. The highest BCUT2D eigenvalue weighted by molar-refractivity contribution is 6.61. The van der Waals surface area contributed by atoms with E-state index in [2.05, 4.69) is 28.7 Å². The van der Waals surface area contributed by atoms with E-state index in [9.17, 15) is 4.79 Å². The van der Waals surface area contributed by atoms with Crippen molar-refractivity contribution in [1.29, 1.82) is 0 Å².